The molecule has 0 aliphatic carbocycles. The van der Waals surface area contributed by atoms with Crippen molar-refractivity contribution < 1.29 is 0 Å². The van der Waals surface area contributed by atoms with Crippen molar-refractivity contribution in [2.45, 2.75) is 66.0 Å². The van der Waals surface area contributed by atoms with Crippen molar-refractivity contribution in [1.82, 2.24) is 14.9 Å². The fraction of sp³-hybridized carbons (Fsp3) is 0.371. The molecule has 7 heteroatoms. The van der Waals surface area contributed by atoms with Crippen molar-refractivity contribution in [2.24, 2.45) is 5.92 Å². The van der Waals surface area contributed by atoms with E-state index < -0.39 is 0 Å². The first-order chi connectivity index (χ1) is 20.3. The van der Waals surface area contributed by atoms with Crippen molar-refractivity contribution in [1.29, 1.82) is 0 Å². The molecule has 2 fully saturated rings. The molecule has 0 amide bonds. The number of anilines is 2. The van der Waals surface area contributed by atoms with Crippen LogP contribution in [0.5, 0.6) is 0 Å². The van der Waals surface area contributed by atoms with E-state index in [1.54, 1.807) is 0 Å². The predicted octanol–water partition coefficient (Wildman–Crippen LogP) is 8.43. The normalized spacial score (nSPS) is 19.4. The van der Waals surface area contributed by atoms with Crippen LogP contribution in [-0.4, -0.2) is 27.8 Å². The molecule has 4 heterocycles. The van der Waals surface area contributed by atoms with Crippen molar-refractivity contribution in [3.63, 3.8) is 0 Å². The molecular formula is C35H40ClN5S. The zero-order valence-corrected chi connectivity index (χ0v) is 26.8. The Morgan fingerprint density at radius 2 is 1.79 bits per heavy atom. The maximum Gasteiger partial charge on any atom is 0.174 e. The molecule has 2 aliphatic heterocycles. The number of piperidine rings is 1. The van der Waals surface area contributed by atoms with Crippen LogP contribution in [0.4, 0.5) is 11.4 Å². The molecule has 4 aromatic rings. The smallest absolute Gasteiger partial charge is 0.174 e. The first kappa shape index (κ1) is 28.8. The lowest BCUT2D eigenvalue weighted by Crippen LogP contribution is -2.33. The van der Waals surface area contributed by atoms with Crippen molar-refractivity contribution in [3.8, 4) is 5.69 Å². The first-order valence-electron chi connectivity index (χ1n) is 15.1. The molecule has 42 heavy (non-hydrogen) atoms. The van der Waals surface area contributed by atoms with Gasteiger partial charge in [-0.1, -0.05) is 49.7 Å². The van der Waals surface area contributed by atoms with Crippen LogP contribution >= 0.6 is 23.8 Å². The van der Waals surface area contributed by atoms with Gasteiger partial charge in [-0.05, 0) is 111 Å². The van der Waals surface area contributed by atoms with Gasteiger partial charge in [0, 0.05) is 36.4 Å². The molecule has 218 valence electrons. The number of para-hydroxylation sites is 1. The fourth-order valence-electron chi connectivity index (χ4n) is 6.86. The zero-order chi connectivity index (χ0) is 29.5. The lowest BCUT2D eigenvalue weighted by molar-refractivity contribution is 0.438. The van der Waals surface area contributed by atoms with Crippen LogP contribution in [0.1, 0.15) is 72.5 Å². The second-order valence-corrected chi connectivity index (χ2v) is 12.7. The third kappa shape index (κ3) is 5.09. The summed E-state index contributed by atoms with van der Waals surface area (Å²) in [7, 11) is 0. The number of hydrogen-bond donors (Lipinski definition) is 1. The van der Waals surface area contributed by atoms with Gasteiger partial charge in [0.25, 0.3) is 0 Å². The van der Waals surface area contributed by atoms with Gasteiger partial charge in [-0.25, -0.2) is 0 Å². The van der Waals surface area contributed by atoms with Crippen molar-refractivity contribution >= 4 is 40.3 Å². The standard InChI is InChI=1S/C35H40ClN5S/c1-6-26-11-9-10-23(3)33(26)40-24(4)20-28(25(40)5)34-32(30-12-7-8-17-37-30)38-35(42)41(34)27-13-14-31(29(36)21-27)39-18-15-22(2)16-19-39/h7-14,17,20-22,32,34H,6,15-16,18-19H2,1-5H3,(H,38,42)/t32-,34-/m1/s1. The fourth-order valence-corrected chi connectivity index (χ4v) is 7.50. The molecule has 5 nitrogen and oxygen atoms in total. The molecule has 0 bridgehead atoms. The van der Waals surface area contributed by atoms with Gasteiger partial charge < -0.3 is 19.7 Å². The summed E-state index contributed by atoms with van der Waals surface area (Å²) in [6.45, 7) is 13.3. The maximum absolute atomic E-state index is 7.02. The Balaban J connectivity index is 1.46. The summed E-state index contributed by atoms with van der Waals surface area (Å²) in [5, 5.41) is 5.08. The Morgan fingerprint density at radius 1 is 1.00 bits per heavy atom. The van der Waals surface area contributed by atoms with Crippen LogP contribution in [0.15, 0.2) is 66.9 Å². The Kier molecular flexibility index (Phi) is 8.03. The van der Waals surface area contributed by atoms with Crippen LogP contribution in [0, 0.1) is 26.7 Å². The highest BCUT2D eigenvalue weighted by molar-refractivity contribution is 7.80. The van der Waals surface area contributed by atoms with Gasteiger partial charge in [0.05, 0.1) is 34.2 Å². The number of benzene rings is 2. The minimum atomic E-state index is -0.114. The second-order valence-electron chi connectivity index (χ2n) is 11.9. The van der Waals surface area contributed by atoms with Crippen molar-refractivity contribution in [3.05, 3.63) is 106 Å². The molecule has 2 aliphatic rings. The Hall–Kier alpha value is -3.35. The zero-order valence-electron chi connectivity index (χ0n) is 25.2. The summed E-state index contributed by atoms with van der Waals surface area (Å²) in [6.07, 6.45) is 5.22. The summed E-state index contributed by atoms with van der Waals surface area (Å²) >= 11 is 13.1. The lowest BCUT2D eigenvalue weighted by atomic mass is 9.96. The molecule has 0 radical (unpaired) electrons. The average Bonchev–Trinajstić information content (AvgIpc) is 3.48. The minimum absolute atomic E-state index is 0.0980. The first-order valence-corrected chi connectivity index (χ1v) is 15.9. The quantitative estimate of drug-likeness (QED) is 0.226. The van der Waals surface area contributed by atoms with E-state index >= 15 is 0 Å². The summed E-state index contributed by atoms with van der Waals surface area (Å²) < 4.78 is 2.42. The number of hydrogen-bond acceptors (Lipinski definition) is 3. The highest BCUT2D eigenvalue weighted by Crippen LogP contribution is 2.45. The average molecular weight is 598 g/mol. The van der Waals surface area contributed by atoms with E-state index in [-0.39, 0.29) is 12.1 Å². The van der Waals surface area contributed by atoms with Crippen LogP contribution in [0.3, 0.4) is 0 Å². The van der Waals surface area contributed by atoms with Gasteiger partial charge in [0.1, 0.15) is 0 Å². The van der Waals surface area contributed by atoms with Crippen LogP contribution < -0.4 is 15.1 Å². The lowest BCUT2D eigenvalue weighted by Gasteiger charge is -2.33. The third-order valence-corrected chi connectivity index (χ3v) is 9.76. The maximum atomic E-state index is 7.02. The molecule has 2 aromatic carbocycles. The topological polar surface area (TPSA) is 36.3 Å². The van der Waals surface area contributed by atoms with E-state index in [2.05, 4.69) is 103 Å². The summed E-state index contributed by atoms with van der Waals surface area (Å²) in [5.74, 6) is 0.767. The molecule has 1 N–H and O–H groups in total. The van der Waals surface area contributed by atoms with Gasteiger partial charge >= 0.3 is 0 Å². The molecule has 2 saturated heterocycles. The van der Waals surface area contributed by atoms with E-state index in [1.807, 2.05) is 18.3 Å². The molecule has 0 saturated carbocycles. The molecule has 2 atom stereocenters. The Labute approximate surface area is 260 Å². The number of nitrogens with zero attached hydrogens (tertiary/aromatic N) is 4. The summed E-state index contributed by atoms with van der Waals surface area (Å²) in [6, 6.07) is 21.2. The van der Waals surface area contributed by atoms with Gasteiger partial charge in [0.15, 0.2) is 5.11 Å². The summed E-state index contributed by atoms with van der Waals surface area (Å²) in [5.41, 5.74) is 10.6. The molecule has 2 aromatic heterocycles. The van der Waals surface area contributed by atoms with Crippen molar-refractivity contribution in [2.75, 3.05) is 22.9 Å². The molecule has 0 unspecified atom stereocenters. The number of aryl methyl sites for hydroxylation is 3. The van der Waals surface area contributed by atoms with E-state index in [4.69, 9.17) is 28.8 Å². The second kappa shape index (κ2) is 11.7. The molecular weight excluding hydrogens is 558 g/mol. The molecule has 6 rings (SSSR count). The number of rotatable bonds is 6. The van der Waals surface area contributed by atoms with Crippen LogP contribution in [0.25, 0.3) is 5.69 Å². The molecule has 0 spiro atoms. The van der Waals surface area contributed by atoms with E-state index in [9.17, 15) is 0 Å². The van der Waals surface area contributed by atoms with Crippen LogP contribution in [-0.2, 0) is 6.42 Å². The van der Waals surface area contributed by atoms with E-state index in [0.717, 1.165) is 47.5 Å². The monoisotopic (exact) mass is 597 g/mol. The highest BCUT2D eigenvalue weighted by atomic mass is 35.5. The Bertz CT molecular complexity index is 1610. The van der Waals surface area contributed by atoms with Crippen LogP contribution in [0.2, 0.25) is 5.02 Å². The number of nitrogens with one attached hydrogen (secondary N) is 1. The largest absolute Gasteiger partial charge is 0.370 e. The third-order valence-electron chi connectivity index (χ3n) is 9.15. The number of aromatic nitrogens is 2. The van der Waals surface area contributed by atoms with Gasteiger partial charge in [-0.2, -0.15) is 0 Å². The number of pyridine rings is 1. The van der Waals surface area contributed by atoms with E-state index in [0.29, 0.717) is 5.11 Å². The highest BCUT2D eigenvalue weighted by Gasteiger charge is 2.42. The predicted molar refractivity (Wildman–Crippen MR) is 179 cm³/mol. The van der Waals surface area contributed by atoms with Gasteiger partial charge in [-0.15, -0.1) is 0 Å². The summed E-state index contributed by atoms with van der Waals surface area (Å²) in [4.78, 5) is 9.43. The Morgan fingerprint density at radius 3 is 2.48 bits per heavy atom. The van der Waals surface area contributed by atoms with E-state index in [1.165, 1.54) is 46.6 Å². The SMILES string of the molecule is CCc1cccc(C)c1-n1c(C)cc([C@@H]2[C@@H](c3ccccn3)NC(=S)N2c2ccc(N3CCC(C)CC3)c(Cl)c2)c1C. The van der Waals surface area contributed by atoms with Gasteiger partial charge in [0.2, 0.25) is 0 Å². The number of thiocarbonyl (C=S) groups is 1. The minimum Gasteiger partial charge on any atom is -0.370 e. The number of halogens is 1. The van der Waals surface area contributed by atoms with Gasteiger partial charge in [-0.3, -0.25) is 4.98 Å².